The first-order chi connectivity index (χ1) is 10.1. The van der Waals surface area contributed by atoms with E-state index in [1.54, 1.807) is 6.07 Å². The fourth-order valence-corrected chi connectivity index (χ4v) is 5.36. The maximum Gasteiger partial charge on any atom is 0.241 e. The molecule has 2 saturated heterocycles. The van der Waals surface area contributed by atoms with Crippen LogP contribution in [0.1, 0.15) is 30.4 Å². The summed E-state index contributed by atoms with van der Waals surface area (Å²) in [4.78, 5) is 0.448. The summed E-state index contributed by atoms with van der Waals surface area (Å²) in [5, 5.41) is 3.28. The average Bonchev–Trinajstić information content (AvgIpc) is 3.08. The standard InChI is InChI=1S/C15H20N2O3S/c18-21(19,17-13-8-11-4-5-14(13)20-11)15-3-1-2-10-9-16-7-6-12(10)15/h1-3,11,13-14,16-17H,4-9H2. The highest BCUT2D eigenvalue weighted by Crippen LogP contribution is 2.35. The number of fused-ring (bicyclic) bond motifs is 3. The molecule has 0 radical (unpaired) electrons. The lowest BCUT2D eigenvalue weighted by molar-refractivity contribution is 0.0996. The molecule has 1 aromatic carbocycles. The van der Waals surface area contributed by atoms with Crippen LogP contribution in [0.5, 0.6) is 0 Å². The van der Waals surface area contributed by atoms with Crippen LogP contribution in [0.3, 0.4) is 0 Å². The maximum atomic E-state index is 12.7. The van der Waals surface area contributed by atoms with Gasteiger partial charge in [-0.2, -0.15) is 0 Å². The number of nitrogens with one attached hydrogen (secondary N) is 2. The molecule has 2 bridgehead atoms. The summed E-state index contributed by atoms with van der Waals surface area (Å²) in [6.07, 6.45) is 3.91. The van der Waals surface area contributed by atoms with Crippen LogP contribution in [0.2, 0.25) is 0 Å². The molecule has 0 aliphatic carbocycles. The molecule has 5 nitrogen and oxygen atoms in total. The number of hydrogen-bond donors (Lipinski definition) is 2. The minimum Gasteiger partial charge on any atom is -0.373 e. The highest BCUT2D eigenvalue weighted by atomic mass is 32.2. The second-order valence-corrected chi connectivity index (χ2v) is 7.84. The number of benzene rings is 1. The molecule has 1 aromatic rings. The van der Waals surface area contributed by atoms with Crippen molar-refractivity contribution in [2.75, 3.05) is 6.54 Å². The van der Waals surface area contributed by atoms with Gasteiger partial charge in [0.05, 0.1) is 23.1 Å². The molecule has 114 valence electrons. The molecular weight excluding hydrogens is 288 g/mol. The van der Waals surface area contributed by atoms with Crippen LogP contribution >= 0.6 is 0 Å². The summed E-state index contributed by atoms with van der Waals surface area (Å²) in [7, 11) is -3.47. The third-order valence-electron chi connectivity index (χ3n) is 4.80. The van der Waals surface area contributed by atoms with Crippen molar-refractivity contribution in [3.63, 3.8) is 0 Å². The molecular formula is C15H20N2O3S. The van der Waals surface area contributed by atoms with Crippen molar-refractivity contribution in [2.24, 2.45) is 0 Å². The van der Waals surface area contributed by atoms with Crippen molar-refractivity contribution in [3.05, 3.63) is 29.3 Å². The van der Waals surface area contributed by atoms with E-state index in [2.05, 4.69) is 10.0 Å². The Hall–Kier alpha value is -0.950. The molecule has 2 N–H and O–H groups in total. The molecule has 21 heavy (non-hydrogen) atoms. The monoisotopic (exact) mass is 308 g/mol. The van der Waals surface area contributed by atoms with Crippen LogP contribution in [0.15, 0.2) is 23.1 Å². The second-order valence-electron chi connectivity index (χ2n) is 6.16. The minimum absolute atomic E-state index is 0.0611. The van der Waals surface area contributed by atoms with Crippen LogP contribution in [0.4, 0.5) is 0 Å². The van der Waals surface area contributed by atoms with E-state index in [4.69, 9.17) is 4.74 Å². The molecule has 3 heterocycles. The Morgan fingerprint density at radius 2 is 2.19 bits per heavy atom. The first-order valence-corrected chi connectivity index (χ1v) is 9.11. The number of ether oxygens (including phenoxy) is 1. The zero-order valence-corrected chi connectivity index (χ0v) is 12.7. The lowest BCUT2D eigenvalue weighted by atomic mass is 9.96. The van der Waals surface area contributed by atoms with E-state index in [0.29, 0.717) is 4.90 Å². The molecule has 2 fully saturated rings. The quantitative estimate of drug-likeness (QED) is 0.872. The van der Waals surface area contributed by atoms with E-state index in [-0.39, 0.29) is 18.2 Å². The molecule has 3 aliphatic rings. The Balaban J connectivity index is 1.63. The number of sulfonamides is 1. The van der Waals surface area contributed by atoms with Gasteiger partial charge in [0.25, 0.3) is 0 Å². The van der Waals surface area contributed by atoms with E-state index < -0.39 is 10.0 Å². The fourth-order valence-electron chi connectivity index (χ4n) is 3.77. The summed E-state index contributed by atoms with van der Waals surface area (Å²) in [5.74, 6) is 0. The predicted octanol–water partition coefficient (Wildman–Crippen LogP) is 0.930. The highest BCUT2D eigenvalue weighted by molar-refractivity contribution is 7.89. The van der Waals surface area contributed by atoms with E-state index in [1.165, 1.54) is 0 Å². The summed E-state index contributed by atoms with van der Waals surface area (Å²) in [6.45, 7) is 1.58. The third-order valence-corrected chi connectivity index (χ3v) is 6.37. The van der Waals surface area contributed by atoms with Crippen molar-refractivity contribution in [1.82, 2.24) is 10.0 Å². The van der Waals surface area contributed by atoms with Gasteiger partial charge in [0.15, 0.2) is 0 Å². The first-order valence-electron chi connectivity index (χ1n) is 7.63. The summed E-state index contributed by atoms with van der Waals surface area (Å²) >= 11 is 0. The summed E-state index contributed by atoms with van der Waals surface area (Å²) in [6, 6.07) is 5.49. The van der Waals surface area contributed by atoms with Gasteiger partial charge in [0.1, 0.15) is 0 Å². The normalized spacial score (nSPS) is 31.3. The van der Waals surface area contributed by atoms with Gasteiger partial charge in [-0.05, 0) is 49.4 Å². The largest absolute Gasteiger partial charge is 0.373 e. The Morgan fingerprint density at radius 3 is 2.95 bits per heavy atom. The lowest BCUT2D eigenvalue weighted by Gasteiger charge is -2.23. The van der Waals surface area contributed by atoms with E-state index in [0.717, 1.165) is 49.9 Å². The third kappa shape index (κ3) is 2.40. The van der Waals surface area contributed by atoms with Gasteiger partial charge < -0.3 is 10.1 Å². The van der Waals surface area contributed by atoms with Crippen LogP contribution in [-0.4, -0.2) is 33.2 Å². The Kier molecular flexibility index (Phi) is 3.29. The Labute approximate surface area is 125 Å². The molecule has 3 unspecified atom stereocenters. The van der Waals surface area contributed by atoms with Crippen molar-refractivity contribution < 1.29 is 13.2 Å². The van der Waals surface area contributed by atoms with Crippen LogP contribution in [-0.2, 0) is 27.7 Å². The van der Waals surface area contributed by atoms with Crippen LogP contribution < -0.4 is 10.0 Å². The molecule has 3 aliphatic heterocycles. The van der Waals surface area contributed by atoms with Gasteiger partial charge in [-0.15, -0.1) is 0 Å². The average molecular weight is 308 g/mol. The highest BCUT2D eigenvalue weighted by Gasteiger charge is 2.42. The van der Waals surface area contributed by atoms with Gasteiger partial charge in [0, 0.05) is 6.54 Å². The molecule has 3 atom stereocenters. The Bertz CT molecular complexity index is 659. The van der Waals surface area contributed by atoms with Gasteiger partial charge in [-0.1, -0.05) is 12.1 Å². The van der Waals surface area contributed by atoms with Crippen molar-refractivity contribution in [3.8, 4) is 0 Å². The van der Waals surface area contributed by atoms with E-state index in [9.17, 15) is 8.42 Å². The smallest absolute Gasteiger partial charge is 0.241 e. The Morgan fingerprint density at radius 1 is 1.29 bits per heavy atom. The van der Waals surface area contributed by atoms with Gasteiger partial charge in [-0.3, -0.25) is 0 Å². The van der Waals surface area contributed by atoms with E-state index in [1.807, 2.05) is 12.1 Å². The molecule has 0 aromatic heterocycles. The molecule has 6 heteroatoms. The fraction of sp³-hybridized carbons (Fsp3) is 0.600. The molecule has 0 spiro atoms. The maximum absolute atomic E-state index is 12.7. The van der Waals surface area contributed by atoms with Crippen molar-refractivity contribution in [1.29, 1.82) is 0 Å². The van der Waals surface area contributed by atoms with Crippen molar-refractivity contribution in [2.45, 2.75) is 55.4 Å². The van der Waals surface area contributed by atoms with Gasteiger partial charge in [0.2, 0.25) is 10.0 Å². The molecule has 0 amide bonds. The van der Waals surface area contributed by atoms with Crippen molar-refractivity contribution >= 4 is 10.0 Å². The minimum atomic E-state index is -3.47. The van der Waals surface area contributed by atoms with Crippen LogP contribution in [0.25, 0.3) is 0 Å². The second kappa shape index (κ2) is 5.05. The lowest BCUT2D eigenvalue weighted by Crippen LogP contribution is -2.41. The molecule has 4 rings (SSSR count). The van der Waals surface area contributed by atoms with E-state index >= 15 is 0 Å². The molecule has 0 saturated carbocycles. The summed E-state index contributed by atoms with van der Waals surface area (Å²) < 4.78 is 34.1. The van der Waals surface area contributed by atoms with Gasteiger partial charge in [-0.25, -0.2) is 13.1 Å². The van der Waals surface area contributed by atoms with Crippen LogP contribution in [0, 0.1) is 0 Å². The SMILES string of the molecule is O=S(=O)(NC1CC2CCC1O2)c1cccc2c1CCNC2. The van der Waals surface area contributed by atoms with Gasteiger partial charge >= 0.3 is 0 Å². The number of rotatable bonds is 3. The zero-order chi connectivity index (χ0) is 14.4. The number of hydrogen-bond acceptors (Lipinski definition) is 4. The zero-order valence-electron chi connectivity index (χ0n) is 11.8. The first kappa shape index (κ1) is 13.7. The topological polar surface area (TPSA) is 67.4 Å². The summed E-state index contributed by atoms with van der Waals surface area (Å²) in [5.41, 5.74) is 2.06. The predicted molar refractivity (Wildman–Crippen MR) is 78.5 cm³/mol.